The van der Waals surface area contributed by atoms with Gasteiger partial charge in [-0.2, -0.15) is 10.4 Å². The molecule has 7 heteroatoms. The Hall–Kier alpha value is -2.26. The van der Waals surface area contributed by atoms with Gasteiger partial charge in [-0.3, -0.25) is 0 Å². The van der Waals surface area contributed by atoms with Gasteiger partial charge < -0.3 is 0 Å². The fourth-order valence-electron chi connectivity index (χ4n) is 1.99. The SMILES string of the molecule is N#Cc1ccc(CN=Nc2nc(-c3ccc(Cl)cc3Cl)cs2)cc1. The Morgan fingerprint density at radius 1 is 1.12 bits per heavy atom. The number of benzene rings is 2. The zero-order valence-electron chi connectivity index (χ0n) is 12.3. The minimum Gasteiger partial charge on any atom is -0.217 e. The molecule has 0 atom stereocenters. The third-order valence-corrected chi connectivity index (χ3v) is 4.46. The van der Waals surface area contributed by atoms with Crippen LogP contribution in [0.3, 0.4) is 0 Å². The van der Waals surface area contributed by atoms with Crippen LogP contribution in [0.25, 0.3) is 11.3 Å². The molecule has 0 aliphatic heterocycles. The van der Waals surface area contributed by atoms with Crippen molar-refractivity contribution in [3.8, 4) is 17.3 Å². The van der Waals surface area contributed by atoms with Gasteiger partial charge >= 0.3 is 0 Å². The highest BCUT2D eigenvalue weighted by Gasteiger charge is 2.08. The number of azo groups is 1. The molecule has 4 nitrogen and oxygen atoms in total. The zero-order valence-corrected chi connectivity index (χ0v) is 14.6. The Balaban J connectivity index is 1.70. The quantitative estimate of drug-likeness (QED) is 0.506. The van der Waals surface area contributed by atoms with Gasteiger partial charge in [0.05, 0.1) is 28.9 Å². The maximum Gasteiger partial charge on any atom is 0.230 e. The first-order chi connectivity index (χ1) is 11.7. The van der Waals surface area contributed by atoms with Gasteiger partial charge in [0.2, 0.25) is 5.13 Å². The first kappa shape index (κ1) is 16.6. The molecular formula is C17H10Cl2N4S. The highest BCUT2D eigenvalue weighted by atomic mass is 35.5. The summed E-state index contributed by atoms with van der Waals surface area (Å²) in [7, 11) is 0. The first-order valence-corrected chi connectivity index (χ1v) is 8.57. The van der Waals surface area contributed by atoms with Crippen molar-refractivity contribution in [2.24, 2.45) is 10.2 Å². The van der Waals surface area contributed by atoms with Crippen LogP contribution in [0.1, 0.15) is 11.1 Å². The largest absolute Gasteiger partial charge is 0.230 e. The van der Waals surface area contributed by atoms with Crippen LogP contribution in [0.15, 0.2) is 58.1 Å². The number of thiazole rings is 1. The molecule has 118 valence electrons. The van der Waals surface area contributed by atoms with E-state index >= 15 is 0 Å². The third kappa shape index (κ3) is 3.98. The average Bonchev–Trinajstić information content (AvgIpc) is 3.04. The lowest BCUT2D eigenvalue weighted by molar-refractivity contribution is 0.955. The molecule has 0 radical (unpaired) electrons. The summed E-state index contributed by atoms with van der Waals surface area (Å²) in [5.74, 6) is 0. The average molecular weight is 373 g/mol. The van der Waals surface area contributed by atoms with Crippen LogP contribution >= 0.6 is 34.5 Å². The molecule has 24 heavy (non-hydrogen) atoms. The van der Waals surface area contributed by atoms with E-state index in [1.165, 1.54) is 11.3 Å². The minimum absolute atomic E-state index is 0.433. The normalized spacial score (nSPS) is 10.9. The van der Waals surface area contributed by atoms with Gasteiger partial charge in [0, 0.05) is 16.0 Å². The minimum atomic E-state index is 0.433. The first-order valence-electron chi connectivity index (χ1n) is 6.93. The van der Waals surface area contributed by atoms with Crippen LogP contribution in [-0.2, 0) is 6.54 Å². The molecule has 2 aromatic carbocycles. The molecule has 0 saturated carbocycles. The Kier molecular flexibility index (Phi) is 5.21. The molecule has 0 spiro atoms. The van der Waals surface area contributed by atoms with E-state index in [1.807, 2.05) is 23.6 Å². The number of hydrogen-bond acceptors (Lipinski definition) is 5. The summed E-state index contributed by atoms with van der Waals surface area (Å²) in [4.78, 5) is 4.42. The van der Waals surface area contributed by atoms with Crippen LogP contribution in [0.5, 0.6) is 0 Å². The number of hydrogen-bond donors (Lipinski definition) is 0. The second-order valence-electron chi connectivity index (χ2n) is 4.85. The van der Waals surface area contributed by atoms with Crippen LogP contribution < -0.4 is 0 Å². The second kappa shape index (κ2) is 7.54. The van der Waals surface area contributed by atoms with E-state index in [-0.39, 0.29) is 0 Å². The van der Waals surface area contributed by atoms with Gasteiger partial charge in [-0.1, -0.05) is 35.3 Å². The molecule has 1 aromatic heterocycles. The predicted octanol–water partition coefficient (Wildman–Crippen LogP) is 6.27. The smallest absolute Gasteiger partial charge is 0.217 e. The molecule has 0 aliphatic carbocycles. The maximum absolute atomic E-state index is 8.77. The summed E-state index contributed by atoms with van der Waals surface area (Å²) in [5, 5.41) is 20.6. The van der Waals surface area contributed by atoms with Gasteiger partial charge in [0.25, 0.3) is 0 Å². The van der Waals surface area contributed by atoms with E-state index < -0.39 is 0 Å². The van der Waals surface area contributed by atoms with Crippen molar-refractivity contribution in [1.29, 1.82) is 5.26 Å². The van der Waals surface area contributed by atoms with Gasteiger partial charge in [0.1, 0.15) is 0 Å². The van der Waals surface area contributed by atoms with Gasteiger partial charge in [-0.05, 0) is 35.9 Å². The topological polar surface area (TPSA) is 61.4 Å². The summed E-state index contributed by atoms with van der Waals surface area (Å²) in [6.07, 6.45) is 0. The van der Waals surface area contributed by atoms with E-state index in [0.29, 0.717) is 27.3 Å². The van der Waals surface area contributed by atoms with E-state index in [9.17, 15) is 0 Å². The van der Waals surface area contributed by atoms with Gasteiger partial charge in [0.15, 0.2) is 0 Å². The van der Waals surface area contributed by atoms with Crippen molar-refractivity contribution in [1.82, 2.24) is 4.98 Å². The lowest BCUT2D eigenvalue weighted by atomic mass is 10.1. The predicted molar refractivity (Wildman–Crippen MR) is 96.9 cm³/mol. The Morgan fingerprint density at radius 2 is 1.92 bits per heavy atom. The highest BCUT2D eigenvalue weighted by molar-refractivity contribution is 7.13. The lowest BCUT2D eigenvalue weighted by Crippen LogP contribution is -1.81. The Labute approximate surface area is 153 Å². The molecule has 0 fully saturated rings. The molecule has 0 N–H and O–H groups in total. The fourth-order valence-corrected chi connectivity index (χ4v) is 3.15. The van der Waals surface area contributed by atoms with Gasteiger partial charge in [-0.25, -0.2) is 4.98 Å². The summed E-state index contributed by atoms with van der Waals surface area (Å²) in [5.41, 5.74) is 3.16. The zero-order chi connectivity index (χ0) is 16.9. The van der Waals surface area contributed by atoms with Gasteiger partial charge in [-0.15, -0.1) is 16.5 Å². The van der Waals surface area contributed by atoms with Crippen molar-refractivity contribution in [3.63, 3.8) is 0 Å². The number of rotatable bonds is 4. The van der Waals surface area contributed by atoms with E-state index in [1.54, 1.807) is 24.3 Å². The summed E-state index contributed by atoms with van der Waals surface area (Å²) in [6.45, 7) is 0.433. The monoisotopic (exact) mass is 372 g/mol. The maximum atomic E-state index is 8.77. The summed E-state index contributed by atoms with van der Waals surface area (Å²) >= 11 is 13.5. The molecule has 0 aliphatic rings. The van der Waals surface area contributed by atoms with Crippen LogP contribution in [0.2, 0.25) is 10.0 Å². The Morgan fingerprint density at radius 3 is 2.62 bits per heavy atom. The number of aromatic nitrogens is 1. The summed E-state index contributed by atoms with van der Waals surface area (Å²) < 4.78 is 0. The number of halogens is 2. The molecule has 3 rings (SSSR count). The lowest BCUT2D eigenvalue weighted by Gasteiger charge is -2.00. The molecule has 0 bridgehead atoms. The third-order valence-electron chi connectivity index (χ3n) is 3.19. The van der Waals surface area contributed by atoms with Crippen molar-refractivity contribution in [2.45, 2.75) is 6.54 Å². The van der Waals surface area contributed by atoms with Crippen LogP contribution in [-0.4, -0.2) is 4.98 Å². The van der Waals surface area contributed by atoms with E-state index in [2.05, 4.69) is 21.3 Å². The Bertz CT molecular complexity index is 927. The highest BCUT2D eigenvalue weighted by Crippen LogP contribution is 2.33. The van der Waals surface area contributed by atoms with E-state index in [4.69, 9.17) is 28.5 Å². The molecule has 3 aromatic rings. The van der Waals surface area contributed by atoms with Crippen LogP contribution in [0, 0.1) is 11.3 Å². The standard InChI is InChI=1S/C17H10Cl2N4S/c18-13-5-6-14(15(19)7-13)16-10-24-17(22-16)23-21-9-12-3-1-11(8-20)2-4-12/h1-7,10H,9H2. The van der Waals surface area contributed by atoms with Crippen molar-refractivity contribution in [2.75, 3.05) is 0 Å². The molecule has 0 unspecified atom stereocenters. The molecule has 0 saturated heterocycles. The second-order valence-corrected chi connectivity index (χ2v) is 6.53. The van der Waals surface area contributed by atoms with E-state index in [0.717, 1.165) is 16.8 Å². The van der Waals surface area contributed by atoms with Crippen molar-refractivity contribution < 1.29 is 0 Å². The number of nitriles is 1. The number of nitrogens with zero attached hydrogens (tertiary/aromatic N) is 4. The van der Waals surface area contributed by atoms with Crippen molar-refractivity contribution >= 4 is 39.7 Å². The molecule has 0 amide bonds. The van der Waals surface area contributed by atoms with Crippen LogP contribution in [0.4, 0.5) is 5.13 Å². The molecular weight excluding hydrogens is 363 g/mol. The fraction of sp³-hybridized carbons (Fsp3) is 0.0588. The molecule has 1 heterocycles. The van der Waals surface area contributed by atoms with Crippen molar-refractivity contribution in [3.05, 3.63) is 69.0 Å². The summed E-state index contributed by atoms with van der Waals surface area (Å²) in [6, 6.07) is 14.6.